The summed E-state index contributed by atoms with van der Waals surface area (Å²) in [6.45, 7) is 9.99. The van der Waals surface area contributed by atoms with Crippen LogP contribution in [0.5, 0.6) is 0 Å². The first kappa shape index (κ1) is 21.3. The SMILES string of the molecule is CCOC(=O)c1ccc(S(=O)(=O)N2CCC(N3CC(C)CC(C)C3)CC2)cc1. The minimum atomic E-state index is -3.53. The van der Waals surface area contributed by atoms with E-state index in [9.17, 15) is 13.2 Å². The molecule has 2 unspecified atom stereocenters. The highest BCUT2D eigenvalue weighted by Gasteiger charge is 2.34. The number of nitrogens with zero attached hydrogens (tertiary/aromatic N) is 2. The molecule has 156 valence electrons. The fraction of sp³-hybridized carbons (Fsp3) is 0.667. The van der Waals surface area contributed by atoms with Crippen LogP contribution >= 0.6 is 0 Å². The molecule has 0 saturated carbocycles. The van der Waals surface area contributed by atoms with Crippen molar-refractivity contribution in [3.8, 4) is 0 Å². The Morgan fingerprint density at radius 3 is 2.18 bits per heavy atom. The molecule has 28 heavy (non-hydrogen) atoms. The number of sulfonamides is 1. The van der Waals surface area contributed by atoms with Gasteiger partial charge in [-0.25, -0.2) is 13.2 Å². The third kappa shape index (κ3) is 4.75. The van der Waals surface area contributed by atoms with E-state index >= 15 is 0 Å². The van der Waals surface area contributed by atoms with Crippen molar-refractivity contribution in [2.75, 3.05) is 32.8 Å². The number of carbonyl (C=O) groups excluding carboxylic acids is 1. The van der Waals surface area contributed by atoms with Crippen LogP contribution in [0.15, 0.2) is 29.2 Å². The Morgan fingerprint density at radius 1 is 1.07 bits per heavy atom. The minimum absolute atomic E-state index is 0.235. The predicted molar refractivity (Wildman–Crippen MR) is 109 cm³/mol. The summed E-state index contributed by atoms with van der Waals surface area (Å²) < 4.78 is 32.5. The molecule has 2 aliphatic heterocycles. The fourth-order valence-corrected chi connectivity index (χ4v) is 6.05. The summed E-state index contributed by atoms with van der Waals surface area (Å²) in [5, 5.41) is 0. The van der Waals surface area contributed by atoms with Crippen molar-refractivity contribution < 1.29 is 17.9 Å². The minimum Gasteiger partial charge on any atom is -0.462 e. The lowest BCUT2D eigenvalue weighted by Crippen LogP contribution is -2.50. The molecule has 0 aliphatic carbocycles. The van der Waals surface area contributed by atoms with Gasteiger partial charge in [-0.1, -0.05) is 13.8 Å². The van der Waals surface area contributed by atoms with Crippen LogP contribution in [0, 0.1) is 11.8 Å². The van der Waals surface area contributed by atoms with Crippen molar-refractivity contribution in [1.82, 2.24) is 9.21 Å². The largest absolute Gasteiger partial charge is 0.462 e. The van der Waals surface area contributed by atoms with Gasteiger partial charge in [0.1, 0.15) is 0 Å². The van der Waals surface area contributed by atoms with Gasteiger partial charge in [0, 0.05) is 32.2 Å². The summed E-state index contributed by atoms with van der Waals surface area (Å²) in [7, 11) is -3.53. The van der Waals surface area contributed by atoms with E-state index in [0.717, 1.165) is 25.9 Å². The smallest absolute Gasteiger partial charge is 0.338 e. The standard InChI is InChI=1S/C21H32N2O4S/c1-4-27-21(24)18-5-7-20(8-6-18)28(25,26)23-11-9-19(10-12-23)22-14-16(2)13-17(3)15-22/h5-8,16-17,19H,4,9-15H2,1-3H3. The molecule has 3 rings (SSSR count). The summed E-state index contributed by atoms with van der Waals surface area (Å²) in [5.74, 6) is 0.990. The summed E-state index contributed by atoms with van der Waals surface area (Å²) in [6.07, 6.45) is 3.03. The van der Waals surface area contributed by atoms with E-state index < -0.39 is 16.0 Å². The van der Waals surface area contributed by atoms with Crippen LogP contribution < -0.4 is 0 Å². The van der Waals surface area contributed by atoms with Gasteiger partial charge in [-0.05, 0) is 62.3 Å². The van der Waals surface area contributed by atoms with E-state index in [1.165, 1.54) is 30.7 Å². The number of ether oxygens (including phenoxy) is 1. The molecule has 2 fully saturated rings. The molecule has 0 amide bonds. The van der Waals surface area contributed by atoms with Crippen molar-refractivity contribution in [2.45, 2.75) is 51.0 Å². The highest BCUT2D eigenvalue weighted by Crippen LogP contribution is 2.28. The number of hydrogen-bond donors (Lipinski definition) is 0. The van der Waals surface area contributed by atoms with Gasteiger partial charge in [-0.2, -0.15) is 4.31 Å². The zero-order valence-corrected chi connectivity index (χ0v) is 18.0. The van der Waals surface area contributed by atoms with E-state index in [4.69, 9.17) is 4.74 Å². The highest BCUT2D eigenvalue weighted by atomic mass is 32.2. The van der Waals surface area contributed by atoms with Gasteiger partial charge in [0.05, 0.1) is 17.1 Å². The maximum Gasteiger partial charge on any atom is 0.338 e. The Bertz CT molecular complexity index is 760. The number of benzene rings is 1. The number of hydrogen-bond acceptors (Lipinski definition) is 5. The summed E-state index contributed by atoms with van der Waals surface area (Å²) in [5.41, 5.74) is 0.368. The van der Waals surface area contributed by atoms with E-state index in [1.807, 2.05) is 0 Å². The number of rotatable bonds is 5. The van der Waals surface area contributed by atoms with Crippen LogP contribution in [-0.4, -0.2) is 62.4 Å². The van der Waals surface area contributed by atoms with E-state index in [2.05, 4.69) is 18.7 Å². The molecular weight excluding hydrogens is 376 g/mol. The zero-order chi connectivity index (χ0) is 20.3. The molecule has 0 aromatic heterocycles. The van der Waals surface area contributed by atoms with Crippen LogP contribution in [0.3, 0.4) is 0 Å². The molecule has 1 aromatic rings. The molecular formula is C21H32N2O4S. The quantitative estimate of drug-likeness (QED) is 0.701. The highest BCUT2D eigenvalue weighted by molar-refractivity contribution is 7.89. The fourth-order valence-electron chi connectivity index (χ4n) is 4.58. The van der Waals surface area contributed by atoms with Gasteiger partial charge in [-0.15, -0.1) is 0 Å². The lowest BCUT2D eigenvalue weighted by Gasteiger charge is -2.43. The van der Waals surface area contributed by atoms with Crippen LogP contribution in [-0.2, 0) is 14.8 Å². The molecule has 6 nitrogen and oxygen atoms in total. The summed E-state index contributed by atoms with van der Waals surface area (Å²) in [6, 6.07) is 6.52. The zero-order valence-electron chi connectivity index (χ0n) is 17.1. The maximum atomic E-state index is 13.0. The van der Waals surface area contributed by atoms with Crippen LogP contribution in [0.4, 0.5) is 0 Å². The second kappa shape index (κ2) is 8.93. The van der Waals surface area contributed by atoms with Gasteiger partial charge in [-0.3, -0.25) is 4.90 Å². The van der Waals surface area contributed by atoms with Crippen molar-refractivity contribution in [2.24, 2.45) is 11.8 Å². The first-order valence-electron chi connectivity index (χ1n) is 10.3. The van der Waals surface area contributed by atoms with Crippen molar-refractivity contribution >= 4 is 16.0 Å². The molecule has 7 heteroatoms. The number of carbonyl (C=O) groups is 1. The van der Waals surface area contributed by atoms with Gasteiger partial charge < -0.3 is 4.74 Å². The maximum absolute atomic E-state index is 13.0. The number of piperidine rings is 2. The van der Waals surface area contributed by atoms with Crippen LogP contribution in [0.25, 0.3) is 0 Å². The first-order chi connectivity index (χ1) is 13.3. The Balaban J connectivity index is 1.62. The monoisotopic (exact) mass is 408 g/mol. The van der Waals surface area contributed by atoms with Crippen molar-refractivity contribution in [3.63, 3.8) is 0 Å². The molecule has 2 aliphatic rings. The van der Waals surface area contributed by atoms with Crippen LogP contribution in [0.1, 0.15) is 50.4 Å². The van der Waals surface area contributed by atoms with Gasteiger partial charge in [0.15, 0.2) is 0 Å². The predicted octanol–water partition coefficient (Wildman–Crippen LogP) is 2.99. The van der Waals surface area contributed by atoms with Crippen LogP contribution in [0.2, 0.25) is 0 Å². The Morgan fingerprint density at radius 2 is 1.64 bits per heavy atom. The normalized spacial score (nSPS) is 25.5. The van der Waals surface area contributed by atoms with Crippen molar-refractivity contribution in [3.05, 3.63) is 29.8 Å². The topological polar surface area (TPSA) is 66.9 Å². The van der Waals surface area contributed by atoms with E-state index in [1.54, 1.807) is 11.2 Å². The molecule has 2 saturated heterocycles. The summed E-state index contributed by atoms with van der Waals surface area (Å²) >= 11 is 0. The number of esters is 1. The molecule has 0 radical (unpaired) electrons. The average Bonchev–Trinajstić information content (AvgIpc) is 2.67. The molecule has 2 heterocycles. The Labute approximate surface area is 168 Å². The lowest BCUT2D eigenvalue weighted by atomic mass is 9.89. The van der Waals surface area contributed by atoms with E-state index in [-0.39, 0.29) is 4.90 Å². The van der Waals surface area contributed by atoms with Gasteiger partial charge in [0.25, 0.3) is 0 Å². The van der Waals surface area contributed by atoms with E-state index in [0.29, 0.717) is 43.1 Å². The molecule has 0 N–H and O–H groups in total. The average molecular weight is 409 g/mol. The lowest BCUT2D eigenvalue weighted by molar-refractivity contribution is 0.0526. The first-order valence-corrected chi connectivity index (χ1v) is 11.8. The second-order valence-electron chi connectivity index (χ2n) is 8.28. The third-order valence-corrected chi connectivity index (χ3v) is 7.75. The van der Waals surface area contributed by atoms with Gasteiger partial charge >= 0.3 is 5.97 Å². The third-order valence-electron chi connectivity index (χ3n) is 5.84. The summed E-state index contributed by atoms with van der Waals surface area (Å²) in [4.78, 5) is 14.6. The Kier molecular flexibility index (Phi) is 6.78. The number of likely N-dealkylation sites (tertiary alicyclic amines) is 1. The molecule has 1 aromatic carbocycles. The Hall–Kier alpha value is -1.44. The second-order valence-corrected chi connectivity index (χ2v) is 10.2. The molecule has 2 atom stereocenters. The van der Waals surface area contributed by atoms with Crippen molar-refractivity contribution in [1.29, 1.82) is 0 Å². The molecule has 0 spiro atoms. The van der Waals surface area contributed by atoms with Gasteiger partial charge in [0.2, 0.25) is 10.0 Å². The molecule has 0 bridgehead atoms.